The largest absolute Gasteiger partial charge is 0.294 e. The third-order valence-corrected chi connectivity index (χ3v) is 4.36. The maximum absolute atomic E-state index is 12.0. The number of carbonyl (C=O) groups excluding carboxylic acids is 1. The molecule has 2 heteroatoms. The molecule has 0 aliphatic carbocycles. The van der Waals surface area contributed by atoms with Gasteiger partial charge in [-0.25, -0.2) is 0 Å². The summed E-state index contributed by atoms with van der Waals surface area (Å²) in [6, 6.07) is 9.46. The summed E-state index contributed by atoms with van der Waals surface area (Å²) < 4.78 is 0. The lowest BCUT2D eigenvalue weighted by Gasteiger charge is -2.04. The summed E-state index contributed by atoms with van der Waals surface area (Å²) in [4.78, 5) is 12.9. The highest BCUT2D eigenvalue weighted by molar-refractivity contribution is 7.80. The molecule has 122 valence electrons. The monoisotopic (exact) mass is 318 g/mol. The number of thiocarbonyl (C=S) groups is 1. The van der Waals surface area contributed by atoms with E-state index in [-0.39, 0.29) is 5.78 Å². The van der Waals surface area contributed by atoms with E-state index in [4.69, 9.17) is 12.2 Å². The molecule has 0 aliphatic rings. The molecule has 1 aromatic rings. The predicted octanol–water partition coefficient (Wildman–Crippen LogP) is 6.55. The molecule has 0 aliphatic heterocycles. The van der Waals surface area contributed by atoms with Crippen LogP contribution in [-0.4, -0.2) is 10.6 Å². The minimum Gasteiger partial charge on any atom is -0.294 e. The van der Waals surface area contributed by atoms with Crippen molar-refractivity contribution in [1.82, 2.24) is 0 Å². The van der Waals surface area contributed by atoms with Gasteiger partial charge in [0.15, 0.2) is 5.78 Å². The van der Waals surface area contributed by atoms with Gasteiger partial charge in [-0.3, -0.25) is 4.79 Å². The highest BCUT2D eigenvalue weighted by Crippen LogP contribution is 2.12. The van der Waals surface area contributed by atoms with E-state index in [9.17, 15) is 4.79 Å². The predicted molar refractivity (Wildman–Crippen MR) is 99.8 cm³/mol. The van der Waals surface area contributed by atoms with Gasteiger partial charge in [-0.05, 0) is 12.8 Å². The van der Waals surface area contributed by atoms with Crippen molar-refractivity contribution in [2.75, 3.05) is 0 Å². The van der Waals surface area contributed by atoms with E-state index in [1.54, 1.807) is 0 Å². The Bertz CT molecular complexity index is 425. The fraction of sp³-hybridized carbons (Fsp3) is 0.600. The Morgan fingerprint density at radius 3 is 2.00 bits per heavy atom. The SMILES string of the molecule is CCCCCCCCCCCC(=S)CC(=O)c1ccccc1. The molecule has 0 heterocycles. The Morgan fingerprint density at radius 2 is 1.41 bits per heavy atom. The van der Waals surface area contributed by atoms with Gasteiger partial charge < -0.3 is 0 Å². The van der Waals surface area contributed by atoms with Crippen LogP contribution in [0.2, 0.25) is 0 Å². The summed E-state index contributed by atoms with van der Waals surface area (Å²) in [6.07, 6.45) is 13.2. The van der Waals surface area contributed by atoms with Crippen molar-refractivity contribution < 1.29 is 4.79 Å². The molecule has 0 saturated carbocycles. The standard InChI is InChI=1S/C20H30OS/c1-2-3-4-5-6-7-8-9-13-16-19(22)17-20(21)18-14-11-10-12-15-18/h10-12,14-15H,2-9,13,16-17H2,1H3. The minimum absolute atomic E-state index is 0.154. The molecule has 0 saturated heterocycles. The Kier molecular flexibility index (Phi) is 10.8. The molecule has 1 rings (SSSR count). The highest BCUT2D eigenvalue weighted by Gasteiger charge is 2.08. The van der Waals surface area contributed by atoms with E-state index in [0.717, 1.165) is 23.3 Å². The molecule has 1 aromatic carbocycles. The van der Waals surface area contributed by atoms with Crippen molar-refractivity contribution in [1.29, 1.82) is 0 Å². The average molecular weight is 319 g/mol. The van der Waals surface area contributed by atoms with Crippen LogP contribution in [0.25, 0.3) is 0 Å². The summed E-state index contributed by atoms with van der Waals surface area (Å²) in [5.74, 6) is 0.154. The van der Waals surface area contributed by atoms with E-state index < -0.39 is 0 Å². The van der Waals surface area contributed by atoms with E-state index in [2.05, 4.69) is 6.92 Å². The molecule has 1 nitrogen and oxygen atoms in total. The van der Waals surface area contributed by atoms with Crippen LogP contribution in [0.4, 0.5) is 0 Å². The number of hydrogen-bond acceptors (Lipinski definition) is 2. The first-order valence-electron chi connectivity index (χ1n) is 8.84. The van der Waals surface area contributed by atoms with Gasteiger partial charge in [0.25, 0.3) is 0 Å². The molecule has 0 fully saturated rings. The zero-order valence-electron chi connectivity index (χ0n) is 14.0. The lowest BCUT2D eigenvalue weighted by atomic mass is 10.0. The van der Waals surface area contributed by atoms with Crippen LogP contribution in [0.3, 0.4) is 0 Å². The van der Waals surface area contributed by atoms with E-state index in [0.29, 0.717) is 6.42 Å². The summed E-state index contributed by atoms with van der Waals surface area (Å²) in [5.41, 5.74) is 0.775. The fourth-order valence-electron chi connectivity index (χ4n) is 2.63. The smallest absolute Gasteiger partial charge is 0.167 e. The molecule has 22 heavy (non-hydrogen) atoms. The molecule has 0 spiro atoms. The third kappa shape index (κ3) is 9.09. The molecule has 0 aromatic heterocycles. The summed E-state index contributed by atoms with van der Waals surface area (Å²) in [6.45, 7) is 2.26. The zero-order chi connectivity index (χ0) is 16.0. The van der Waals surface area contributed by atoms with Gasteiger partial charge >= 0.3 is 0 Å². The summed E-state index contributed by atoms with van der Waals surface area (Å²) >= 11 is 5.36. The van der Waals surface area contributed by atoms with Gasteiger partial charge in [-0.2, -0.15) is 0 Å². The second kappa shape index (κ2) is 12.5. The van der Waals surface area contributed by atoms with Crippen LogP contribution in [-0.2, 0) is 0 Å². The molecular formula is C20H30OS. The quantitative estimate of drug-likeness (QED) is 0.233. The highest BCUT2D eigenvalue weighted by atomic mass is 32.1. The van der Waals surface area contributed by atoms with Crippen LogP contribution in [0.15, 0.2) is 30.3 Å². The number of carbonyl (C=O) groups is 1. The Balaban J connectivity index is 2.01. The summed E-state index contributed by atoms with van der Waals surface area (Å²) in [7, 11) is 0. The van der Waals surface area contributed by atoms with Crippen molar-refractivity contribution in [3.8, 4) is 0 Å². The van der Waals surface area contributed by atoms with Crippen molar-refractivity contribution in [2.45, 2.75) is 77.6 Å². The minimum atomic E-state index is 0.154. The second-order valence-electron chi connectivity index (χ2n) is 6.08. The Hall–Kier alpha value is -1.02. The molecule has 0 bridgehead atoms. The second-order valence-corrected chi connectivity index (χ2v) is 6.66. The van der Waals surface area contributed by atoms with Crippen molar-refractivity contribution in [3.63, 3.8) is 0 Å². The summed E-state index contributed by atoms with van der Waals surface area (Å²) in [5, 5.41) is 0. The van der Waals surface area contributed by atoms with Crippen molar-refractivity contribution in [3.05, 3.63) is 35.9 Å². The first-order valence-corrected chi connectivity index (χ1v) is 9.24. The van der Waals surface area contributed by atoms with Crippen molar-refractivity contribution in [2.24, 2.45) is 0 Å². The van der Waals surface area contributed by atoms with E-state index in [1.807, 2.05) is 30.3 Å². The average Bonchev–Trinajstić information content (AvgIpc) is 2.54. The van der Waals surface area contributed by atoms with E-state index >= 15 is 0 Å². The molecule has 0 atom stereocenters. The first kappa shape index (κ1) is 19.0. The Labute approximate surface area is 141 Å². The molecular weight excluding hydrogens is 288 g/mol. The maximum atomic E-state index is 12.0. The van der Waals surface area contributed by atoms with Gasteiger partial charge in [-0.1, -0.05) is 101 Å². The molecule has 0 N–H and O–H groups in total. The molecule has 0 radical (unpaired) electrons. The molecule has 0 unspecified atom stereocenters. The topological polar surface area (TPSA) is 17.1 Å². The van der Waals surface area contributed by atoms with Gasteiger partial charge in [0.2, 0.25) is 0 Å². The number of benzene rings is 1. The van der Waals surface area contributed by atoms with Crippen LogP contribution >= 0.6 is 12.2 Å². The number of rotatable bonds is 13. The first-order chi connectivity index (χ1) is 10.7. The Morgan fingerprint density at radius 1 is 0.864 bits per heavy atom. The fourth-order valence-corrected chi connectivity index (χ4v) is 2.90. The normalized spacial score (nSPS) is 10.6. The van der Waals surface area contributed by atoms with Gasteiger partial charge in [0, 0.05) is 16.8 Å². The van der Waals surface area contributed by atoms with Gasteiger partial charge in [-0.15, -0.1) is 0 Å². The zero-order valence-corrected chi connectivity index (χ0v) is 14.8. The lowest BCUT2D eigenvalue weighted by Crippen LogP contribution is -2.06. The van der Waals surface area contributed by atoms with Gasteiger partial charge in [0.1, 0.15) is 0 Å². The number of hydrogen-bond donors (Lipinski definition) is 0. The number of unbranched alkanes of at least 4 members (excludes halogenated alkanes) is 8. The van der Waals surface area contributed by atoms with Crippen LogP contribution in [0.1, 0.15) is 87.9 Å². The van der Waals surface area contributed by atoms with Crippen molar-refractivity contribution >= 4 is 22.9 Å². The number of Topliss-reactive ketones (excluding diaryl/α,β-unsaturated/α-hetero) is 1. The molecule has 0 amide bonds. The van der Waals surface area contributed by atoms with Gasteiger partial charge in [0.05, 0.1) is 0 Å². The number of ketones is 1. The van der Waals surface area contributed by atoms with E-state index in [1.165, 1.54) is 51.4 Å². The lowest BCUT2D eigenvalue weighted by molar-refractivity contribution is 0.100. The maximum Gasteiger partial charge on any atom is 0.167 e. The van der Waals surface area contributed by atoms with Crippen LogP contribution in [0, 0.1) is 0 Å². The third-order valence-electron chi connectivity index (χ3n) is 4.01. The van der Waals surface area contributed by atoms with Crippen LogP contribution < -0.4 is 0 Å². The van der Waals surface area contributed by atoms with Crippen LogP contribution in [0.5, 0.6) is 0 Å².